The van der Waals surface area contributed by atoms with Gasteiger partial charge in [0.05, 0.1) is 29.3 Å². The van der Waals surface area contributed by atoms with Crippen LogP contribution in [0.3, 0.4) is 0 Å². The van der Waals surface area contributed by atoms with E-state index in [1.807, 2.05) is 0 Å². The van der Waals surface area contributed by atoms with E-state index in [1.54, 1.807) is 13.8 Å². The summed E-state index contributed by atoms with van der Waals surface area (Å²) in [6.07, 6.45) is -5.46. The highest BCUT2D eigenvalue weighted by molar-refractivity contribution is 6.18. The van der Waals surface area contributed by atoms with Crippen molar-refractivity contribution in [3.8, 4) is 5.75 Å². The monoisotopic (exact) mass is 311 g/mol. The standard InChI is InChI=1S/C13H17ClF3NO2/c1-8(2)20-12-4-3-9(13(15,16)17)5-11(12)18-7-10(19)6-14/h3-5,8,10,18-19H,6-7H2,1-2H3. The lowest BCUT2D eigenvalue weighted by atomic mass is 10.1. The molecule has 0 fully saturated rings. The first-order valence-corrected chi connectivity index (χ1v) is 6.63. The number of benzene rings is 1. The lowest BCUT2D eigenvalue weighted by molar-refractivity contribution is -0.137. The molecule has 0 aromatic heterocycles. The lowest BCUT2D eigenvalue weighted by Crippen LogP contribution is -2.21. The molecular weight excluding hydrogens is 295 g/mol. The van der Waals surface area contributed by atoms with Crippen LogP contribution in [-0.2, 0) is 6.18 Å². The maximum Gasteiger partial charge on any atom is 0.416 e. The molecule has 1 aromatic carbocycles. The van der Waals surface area contributed by atoms with Gasteiger partial charge < -0.3 is 15.2 Å². The normalized spacial score (nSPS) is 13.4. The van der Waals surface area contributed by atoms with Gasteiger partial charge in [-0.25, -0.2) is 0 Å². The summed E-state index contributed by atoms with van der Waals surface area (Å²) in [5.41, 5.74) is -0.603. The third-order valence-corrected chi connectivity index (χ3v) is 2.73. The molecule has 0 amide bonds. The van der Waals surface area contributed by atoms with E-state index in [0.717, 1.165) is 12.1 Å². The van der Waals surface area contributed by atoms with Crippen molar-refractivity contribution < 1.29 is 23.0 Å². The molecule has 0 aliphatic carbocycles. The zero-order valence-corrected chi connectivity index (χ0v) is 11.9. The summed E-state index contributed by atoms with van der Waals surface area (Å²) in [6, 6.07) is 3.18. The van der Waals surface area contributed by atoms with Gasteiger partial charge in [0.25, 0.3) is 0 Å². The Labute approximate surface area is 120 Å². The smallest absolute Gasteiger partial charge is 0.416 e. The number of aliphatic hydroxyl groups excluding tert-OH is 1. The number of nitrogens with one attached hydrogen (secondary N) is 1. The van der Waals surface area contributed by atoms with Gasteiger partial charge in [0.2, 0.25) is 0 Å². The van der Waals surface area contributed by atoms with E-state index in [4.69, 9.17) is 16.3 Å². The van der Waals surface area contributed by atoms with E-state index in [1.165, 1.54) is 6.07 Å². The second-order valence-corrected chi connectivity index (χ2v) is 4.87. The fourth-order valence-electron chi connectivity index (χ4n) is 1.48. The highest BCUT2D eigenvalue weighted by Gasteiger charge is 2.31. The van der Waals surface area contributed by atoms with Crippen molar-refractivity contribution in [2.45, 2.75) is 32.2 Å². The van der Waals surface area contributed by atoms with Gasteiger partial charge in [-0.15, -0.1) is 11.6 Å². The Bertz CT molecular complexity index is 438. The van der Waals surface area contributed by atoms with Gasteiger partial charge in [-0.3, -0.25) is 0 Å². The Morgan fingerprint density at radius 1 is 1.35 bits per heavy atom. The van der Waals surface area contributed by atoms with Crippen LogP contribution < -0.4 is 10.1 Å². The van der Waals surface area contributed by atoms with Crippen LogP contribution in [-0.4, -0.2) is 29.7 Å². The Morgan fingerprint density at radius 3 is 2.50 bits per heavy atom. The van der Waals surface area contributed by atoms with Crippen LogP contribution in [0.1, 0.15) is 19.4 Å². The molecule has 0 aliphatic heterocycles. The Kier molecular flexibility index (Phi) is 5.95. The van der Waals surface area contributed by atoms with Gasteiger partial charge in [0.15, 0.2) is 0 Å². The fraction of sp³-hybridized carbons (Fsp3) is 0.538. The summed E-state index contributed by atoms with van der Waals surface area (Å²) in [5, 5.41) is 12.1. The molecule has 114 valence electrons. The highest BCUT2D eigenvalue weighted by Crippen LogP contribution is 2.35. The molecule has 1 aromatic rings. The van der Waals surface area contributed by atoms with Crippen LogP contribution in [0.2, 0.25) is 0 Å². The zero-order chi connectivity index (χ0) is 15.3. The average molecular weight is 312 g/mol. The molecule has 20 heavy (non-hydrogen) atoms. The third-order valence-electron chi connectivity index (χ3n) is 2.38. The zero-order valence-electron chi connectivity index (χ0n) is 11.2. The van der Waals surface area contributed by atoms with Crippen LogP contribution in [0.25, 0.3) is 0 Å². The number of hydrogen-bond donors (Lipinski definition) is 2. The Hall–Kier alpha value is -1.14. The molecule has 1 unspecified atom stereocenters. The molecule has 2 N–H and O–H groups in total. The third kappa shape index (κ3) is 5.09. The second-order valence-electron chi connectivity index (χ2n) is 4.56. The molecule has 0 aliphatic rings. The Morgan fingerprint density at radius 2 is 2.00 bits per heavy atom. The number of ether oxygens (including phenoxy) is 1. The molecule has 3 nitrogen and oxygen atoms in total. The summed E-state index contributed by atoms with van der Waals surface area (Å²) in [7, 11) is 0. The van der Waals surface area contributed by atoms with E-state index < -0.39 is 17.8 Å². The molecule has 0 spiro atoms. The maximum absolute atomic E-state index is 12.7. The predicted octanol–water partition coefficient (Wildman–Crippen LogP) is 3.50. The van der Waals surface area contributed by atoms with Gasteiger partial charge in [0, 0.05) is 6.54 Å². The van der Waals surface area contributed by atoms with Crippen molar-refractivity contribution in [2.75, 3.05) is 17.7 Å². The van der Waals surface area contributed by atoms with Gasteiger partial charge >= 0.3 is 6.18 Å². The Balaban J connectivity index is 3.00. The van der Waals surface area contributed by atoms with E-state index in [9.17, 15) is 18.3 Å². The number of anilines is 1. The summed E-state index contributed by atoms with van der Waals surface area (Å²) in [6.45, 7) is 3.59. The summed E-state index contributed by atoms with van der Waals surface area (Å²) in [5.74, 6) is 0.293. The van der Waals surface area contributed by atoms with Crippen molar-refractivity contribution in [1.82, 2.24) is 0 Å². The average Bonchev–Trinajstić information content (AvgIpc) is 2.35. The molecule has 0 heterocycles. The molecule has 1 atom stereocenters. The van der Waals surface area contributed by atoms with E-state index >= 15 is 0 Å². The lowest BCUT2D eigenvalue weighted by Gasteiger charge is -2.18. The first-order valence-electron chi connectivity index (χ1n) is 6.10. The second kappa shape index (κ2) is 7.04. The largest absolute Gasteiger partial charge is 0.489 e. The molecule has 0 radical (unpaired) electrons. The minimum Gasteiger partial charge on any atom is -0.489 e. The van der Waals surface area contributed by atoms with Crippen LogP contribution in [0.15, 0.2) is 18.2 Å². The minimum absolute atomic E-state index is 0.00761. The number of halogens is 4. The molecule has 0 saturated carbocycles. The number of aliphatic hydroxyl groups is 1. The van der Waals surface area contributed by atoms with Crippen LogP contribution in [0, 0.1) is 0 Å². The van der Waals surface area contributed by atoms with Crippen LogP contribution in [0.5, 0.6) is 5.75 Å². The fourth-order valence-corrected chi connectivity index (χ4v) is 1.59. The van der Waals surface area contributed by atoms with Crippen LogP contribution >= 0.6 is 11.6 Å². The van der Waals surface area contributed by atoms with Crippen molar-refractivity contribution in [2.24, 2.45) is 0 Å². The van der Waals surface area contributed by atoms with E-state index in [2.05, 4.69) is 5.32 Å². The van der Waals surface area contributed by atoms with Gasteiger partial charge in [0.1, 0.15) is 5.75 Å². The van der Waals surface area contributed by atoms with Crippen molar-refractivity contribution >= 4 is 17.3 Å². The van der Waals surface area contributed by atoms with Gasteiger partial charge in [-0.2, -0.15) is 13.2 Å². The van der Waals surface area contributed by atoms with E-state index in [0.29, 0.717) is 5.75 Å². The SMILES string of the molecule is CC(C)Oc1ccc(C(F)(F)F)cc1NCC(O)CCl. The maximum atomic E-state index is 12.7. The number of rotatable bonds is 6. The summed E-state index contributed by atoms with van der Waals surface area (Å²) in [4.78, 5) is 0. The number of hydrogen-bond acceptors (Lipinski definition) is 3. The quantitative estimate of drug-likeness (QED) is 0.790. The summed E-state index contributed by atoms with van der Waals surface area (Å²) < 4.78 is 43.5. The molecule has 7 heteroatoms. The molecule has 0 saturated heterocycles. The molecule has 1 rings (SSSR count). The first-order chi connectivity index (χ1) is 9.24. The van der Waals surface area contributed by atoms with Gasteiger partial charge in [-0.05, 0) is 32.0 Å². The van der Waals surface area contributed by atoms with Crippen LogP contribution in [0.4, 0.5) is 18.9 Å². The van der Waals surface area contributed by atoms with Crippen molar-refractivity contribution in [3.63, 3.8) is 0 Å². The first kappa shape index (κ1) is 16.9. The minimum atomic E-state index is -4.43. The highest BCUT2D eigenvalue weighted by atomic mass is 35.5. The summed E-state index contributed by atoms with van der Waals surface area (Å²) >= 11 is 5.44. The predicted molar refractivity (Wildman–Crippen MR) is 72.4 cm³/mol. The van der Waals surface area contributed by atoms with E-state index in [-0.39, 0.29) is 24.2 Å². The van der Waals surface area contributed by atoms with Gasteiger partial charge in [-0.1, -0.05) is 0 Å². The molecule has 0 bridgehead atoms. The van der Waals surface area contributed by atoms with Crippen molar-refractivity contribution in [1.29, 1.82) is 0 Å². The van der Waals surface area contributed by atoms with Crippen molar-refractivity contribution in [3.05, 3.63) is 23.8 Å². The topological polar surface area (TPSA) is 41.5 Å². The number of alkyl halides is 4. The molecular formula is C13H17ClF3NO2.